The van der Waals surface area contributed by atoms with E-state index in [2.05, 4.69) is 44.9 Å². The molecule has 0 unspecified atom stereocenters. The van der Waals surface area contributed by atoms with Gasteiger partial charge in [-0.05, 0) is 59.1 Å². The zero-order valence-electron chi connectivity index (χ0n) is 31.1. The maximum atomic E-state index is 12.7. The van der Waals surface area contributed by atoms with Gasteiger partial charge in [0.25, 0.3) is 0 Å². The first-order valence-electron chi connectivity index (χ1n) is 19.2. The number of hydrogen-bond acceptors (Lipinski definition) is 10. The average Bonchev–Trinajstić information content (AvgIpc) is 4.10. The number of nitrogens with zero attached hydrogens (tertiary/aromatic N) is 2. The molecule has 4 heterocycles. The van der Waals surface area contributed by atoms with Gasteiger partial charge in [-0.1, -0.05) is 60.7 Å². The van der Waals surface area contributed by atoms with Crippen molar-refractivity contribution < 1.29 is 38.4 Å². The molecule has 12 heteroatoms. The lowest BCUT2D eigenvalue weighted by Gasteiger charge is -2.19. The van der Waals surface area contributed by atoms with E-state index in [1.54, 1.807) is 25.6 Å². The topological polar surface area (TPSA) is 150 Å². The molecule has 2 saturated carbocycles. The molecule has 2 aliphatic carbocycles. The molecule has 8 rings (SSSR count). The Morgan fingerprint density at radius 2 is 1.18 bits per heavy atom. The molecule has 55 heavy (non-hydrogen) atoms. The molecule has 3 N–H and O–H groups in total. The number of nitrogens with one attached hydrogen (secondary N) is 2. The molecule has 2 aliphatic heterocycles. The number of ether oxygens (including phenoxy) is 5. The normalized spacial score (nSPS) is 24.8. The number of methoxy groups -OCH3 is 1. The third kappa shape index (κ3) is 10.5. The SMILES string of the molecule is COC[C@H](NC(=O)[C@H]1C[C@@H]1c1ccccc1)c1ccc(O[C@H]2CCOC2)nc1.O=C(N[C@@H](CO)c1ccc(O[C@H]2CCOC2)nc1)[C@H]1C[C@@H]1c1ccccc1. The molecule has 0 bridgehead atoms. The largest absolute Gasteiger partial charge is 0.472 e. The highest BCUT2D eigenvalue weighted by molar-refractivity contribution is 5.84. The van der Waals surface area contributed by atoms with Gasteiger partial charge in [-0.25, -0.2) is 9.97 Å². The van der Waals surface area contributed by atoms with E-state index in [0.717, 1.165) is 43.4 Å². The summed E-state index contributed by atoms with van der Waals surface area (Å²) >= 11 is 0. The lowest BCUT2D eigenvalue weighted by Crippen LogP contribution is -2.32. The highest BCUT2D eigenvalue weighted by atomic mass is 16.6. The van der Waals surface area contributed by atoms with Crippen molar-refractivity contribution in [1.29, 1.82) is 0 Å². The Morgan fingerprint density at radius 1 is 0.709 bits per heavy atom. The molecular weight excluding hydrogens is 700 g/mol. The van der Waals surface area contributed by atoms with Crippen molar-refractivity contribution in [3.05, 3.63) is 120 Å². The van der Waals surface area contributed by atoms with Crippen LogP contribution in [0, 0.1) is 11.8 Å². The highest BCUT2D eigenvalue weighted by Crippen LogP contribution is 2.48. The van der Waals surface area contributed by atoms with E-state index in [1.165, 1.54) is 11.1 Å². The number of aromatic nitrogens is 2. The number of rotatable bonds is 15. The summed E-state index contributed by atoms with van der Waals surface area (Å²) < 4.78 is 27.5. The fourth-order valence-electron chi connectivity index (χ4n) is 7.17. The number of aliphatic hydroxyl groups is 1. The van der Waals surface area contributed by atoms with Gasteiger partial charge in [0.15, 0.2) is 0 Å². The van der Waals surface area contributed by atoms with E-state index in [4.69, 9.17) is 23.7 Å². The molecule has 290 valence electrons. The Morgan fingerprint density at radius 3 is 1.58 bits per heavy atom. The van der Waals surface area contributed by atoms with E-state index >= 15 is 0 Å². The van der Waals surface area contributed by atoms with Crippen molar-refractivity contribution in [3.8, 4) is 11.8 Å². The van der Waals surface area contributed by atoms with Crippen LogP contribution in [-0.4, -0.2) is 85.8 Å². The van der Waals surface area contributed by atoms with Crippen LogP contribution in [-0.2, 0) is 23.8 Å². The Kier molecular flexibility index (Phi) is 13.0. The molecule has 2 saturated heterocycles. The lowest BCUT2D eigenvalue weighted by atomic mass is 10.1. The Balaban J connectivity index is 0.000000169. The molecule has 12 nitrogen and oxygen atoms in total. The summed E-state index contributed by atoms with van der Waals surface area (Å²) in [5.41, 5.74) is 4.09. The minimum Gasteiger partial charge on any atom is -0.472 e. The molecule has 4 aromatic rings. The monoisotopic (exact) mass is 750 g/mol. The predicted molar refractivity (Wildman–Crippen MR) is 203 cm³/mol. The average molecular weight is 751 g/mol. The van der Waals surface area contributed by atoms with Crippen LogP contribution in [0.2, 0.25) is 0 Å². The number of hydrogen-bond donors (Lipinski definition) is 3. The molecule has 2 aromatic heterocycles. The number of carbonyl (C=O) groups excluding carboxylic acids is 2. The van der Waals surface area contributed by atoms with Crippen molar-refractivity contribution in [2.24, 2.45) is 11.8 Å². The van der Waals surface area contributed by atoms with Crippen LogP contribution in [0.25, 0.3) is 0 Å². The number of aliphatic hydroxyl groups excluding tert-OH is 1. The van der Waals surface area contributed by atoms with Gasteiger partial charge in [0.05, 0.1) is 51.7 Å². The number of benzene rings is 2. The van der Waals surface area contributed by atoms with Gasteiger partial charge in [0.1, 0.15) is 12.2 Å². The van der Waals surface area contributed by atoms with E-state index in [9.17, 15) is 14.7 Å². The van der Waals surface area contributed by atoms with Gasteiger partial charge in [-0.15, -0.1) is 0 Å². The quantitative estimate of drug-likeness (QED) is 0.151. The third-order valence-electron chi connectivity index (χ3n) is 10.5. The van der Waals surface area contributed by atoms with Crippen molar-refractivity contribution in [2.45, 2.75) is 61.8 Å². The van der Waals surface area contributed by atoms with Gasteiger partial charge in [0, 0.05) is 56.3 Å². The van der Waals surface area contributed by atoms with Crippen molar-refractivity contribution in [1.82, 2.24) is 20.6 Å². The van der Waals surface area contributed by atoms with E-state index in [0.29, 0.717) is 44.1 Å². The molecule has 8 atom stereocenters. The van der Waals surface area contributed by atoms with Crippen LogP contribution in [0.15, 0.2) is 97.3 Å². The van der Waals surface area contributed by atoms with Gasteiger partial charge in [-0.2, -0.15) is 0 Å². The molecule has 4 fully saturated rings. The molecule has 4 aliphatic rings. The third-order valence-corrected chi connectivity index (χ3v) is 10.5. The van der Waals surface area contributed by atoms with Gasteiger partial charge in [0.2, 0.25) is 23.6 Å². The van der Waals surface area contributed by atoms with Crippen molar-refractivity contribution in [2.75, 3.05) is 46.8 Å². The number of carbonyl (C=O) groups is 2. The summed E-state index contributed by atoms with van der Waals surface area (Å²) in [4.78, 5) is 34.0. The molecule has 2 amide bonds. The van der Waals surface area contributed by atoms with Crippen LogP contribution in [0.1, 0.15) is 71.9 Å². The summed E-state index contributed by atoms with van der Waals surface area (Å²) in [6.07, 6.45) is 6.99. The zero-order valence-corrected chi connectivity index (χ0v) is 31.1. The predicted octanol–water partition coefficient (Wildman–Crippen LogP) is 5.06. The van der Waals surface area contributed by atoms with Crippen LogP contribution in [0.4, 0.5) is 0 Å². The van der Waals surface area contributed by atoms with Gasteiger partial charge < -0.3 is 39.4 Å². The highest BCUT2D eigenvalue weighted by Gasteiger charge is 2.45. The zero-order chi connectivity index (χ0) is 38.0. The maximum absolute atomic E-state index is 12.7. The molecular formula is C43H50N4O8. The first kappa shape index (κ1) is 38.4. The maximum Gasteiger partial charge on any atom is 0.224 e. The van der Waals surface area contributed by atoms with Crippen LogP contribution >= 0.6 is 0 Å². The van der Waals surface area contributed by atoms with Gasteiger partial charge >= 0.3 is 0 Å². The van der Waals surface area contributed by atoms with E-state index < -0.39 is 6.04 Å². The fraction of sp³-hybridized carbons (Fsp3) is 0.442. The second kappa shape index (κ2) is 18.6. The van der Waals surface area contributed by atoms with Crippen LogP contribution in [0.5, 0.6) is 11.8 Å². The summed E-state index contributed by atoms with van der Waals surface area (Å²) in [5, 5.41) is 15.8. The number of pyridine rings is 2. The Labute approximate surface area is 321 Å². The van der Waals surface area contributed by atoms with Gasteiger partial charge in [-0.3, -0.25) is 9.59 Å². The Bertz CT molecular complexity index is 1800. The van der Waals surface area contributed by atoms with Crippen LogP contribution in [0.3, 0.4) is 0 Å². The smallest absolute Gasteiger partial charge is 0.224 e. The second-order valence-corrected chi connectivity index (χ2v) is 14.5. The molecule has 0 spiro atoms. The Hall–Kier alpha value is -4.88. The first-order chi connectivity index (χ1) is 27.0. The summed E-state index contributed by atoms with van der Waals surface area (Å²) in [6.45, 7) is 2.86. The fourth-order valence-corrected chi connectivity index (χ4v) is 7.17. The van der Waals surface area contributed by atoms with E-state index in [1.807, 2.05) is 54.6 Å². The molecule has 2 aromatic carbocycles. The lowest BCUT2D eigenvalue weighted by molar-refractivity contribution is -0.124. The summed E-state index contributed by atoms with van der Waals surface area (Å²) in [5.74, 6) is 1.74. The number of amides is 2. The van der Waals surface area contributed by atoms with E-state index in [-0.39, 0.29) is 54.4 Å². The van der Waals surface area contributed by atoms with Crippen molar-refractivity contribution in [3.63, 3.8) is 0 Å². The minimum atomic E-state index is -0.467. The standard InChI is InChI=1S/C22H26N2O4.C21H24N2O4/c1-26-14-20(16-7-8-21(23-12-16)28-17-9-10-27-13-17)24-22(25)19-11-18(19)15-5-3-2-4-6-15;24-12-19(15-6-7-20(22-11-15)27-16-8-9-26-13-16)23-21(25)18-10-17(18)14-4-2-1-3-5-14/h2-8,12,17-20H,9-11,13-14H2,1H3,(H,24,25);1-7,11,16-19,24H,8-10,12-13H2,(H,23,25)/t17-,18+,19-,20-;16-,17+,18-,19-/m00/s1. The van der Waals surface area contributed by atoms with Crippen molar-refractivity contribution >= 4 is 11.8 Å². The minimum absolute atomic E-state index is 0.0219. The first-order valence-corrected chi connectivity index (χ1v) is 19.2. The summed E-state index contributed by atoms with van der Waals surface area (Å²) in [6, 6.07) is 27.0. The van der Waals surface area contributed by atoms with Crippen LogP contribution < -0.4 is 20.1 Å². The molecule has 0 radical (unpaired) electrons. The summed E-state index contributed by atoms with van der Waals surface area (Å²) in [7, 11) is 1.63. The second-order valence-electron chi connectivity index (χ2n) is 14.5.